The molecule has 1 amide bonds. The van der Waals surface area contributed by atoms with Gasteiger partial charge in [0.1, 0.15) is 11.4 Å². The van der Waals surface area contributed by atoms with Crippen molar-refractivity contribution in [1.82, 2.24) is 10.0 Å². The van der Waals surface area contributed by atoms with Crippen molar-refractivity contribution < 1.29 is 27.9 Å². The third-order valence-electron chi connectivity index (χ3n) is 5.81. The normalized spacial score (nSPS) is 11.6. The van der Waals surface area contributed by atoms with Gasteiger partial charge in [-0.15, -0.1) is 0 Å². The average Bonchev–Trinajstić information content (AvgIpc) is 2.92. The van der Waals surface area contributed by atoms with Crippen LogP contribution >= 0.6 is 27.5 Å². The molecule has 0 fully saturated rings. The molecule has 0 aromatic heterocycles. The minimum absolute atomic E-state index is 0.0528. The molecule has 8 nitrogen and oxygen atoms in total. The van der Waals surface area contributed by atoms with E-state index >= 15 is 0 Å². The van der Waals surface area contributed by atoms with E-state index in [1.54, 1.807) is 24.3 Å². The Bertz CT molecular complexity index is 1460. The minimum atomic E-state index is -4.10. The van der Waals surface area contributed by atoms with Gasteiger partial charge in [-0.3, -0.25) is 9.52 Å². The van der Waals surface area contributed by atoms with Crippen LogP contribution in [-0.4, -0.2) is 38.6 Å². The number of carbonyl (C=O) groups is 2. The van der Waals surface area contributed by atoms with E-state index in [4.69, 9.17) is 16.3 Å². The number of halogens is 2. The Morgan fingerprint density at radius 1 is 1.00 bits per heavy atom. The zero-order chi connectivity index (χ0) is 29.1. The second-order valence-electron chi connectivity index (χ2n) is 8.91. The number of rotatable bonds is 14. The fourth-order valence-electron chi connectivity index (χ4n) is 3.64. The predicted octanol–water partition coefficient (Wildman–Crippen LogP) is 6.08. The van der Waals surface area contributed by atoms with Gasteiger partial charge in [-0.1, -0.05) is 57.9 Å². The lowest BCUT2D eigenvalue weighted by Gasteiger charge is -2.10. The van der Waals surface area contributed by atoms with Gasteiger partial charge in [0.25, 0.3) is 10.0 Å². The first-order valence-electron chi connectivity index (χ1n) is 12.5. The van der Waals surface area contributed by atoms with Gasteiger partial charge in [-0.05, 0) is 85.3 Å². The van der Waals surface area contributed by atoms with Crippen molar-refractivity contribution in [2.75, 3.05) is 13.2 Å². The summed E-state index contributed by atoms with van der Waals surface area (Å²) in [6.07, 6.45) is 2.80. The van der Waals surface area contributed by atoms with E-state index in [0.29, 0.717) is 36.8 Å². The lowest BCUT2D eigenvalue weighted by Crippen LogP contribution is -2.28. The Kier molecular flexibility index (Phi) is 11.6. The van der Waals surface area contributed by atoms with E-state index in [1.807, 2.05) is 37.3 Å². The van der Waals surface area contributed by atoms with E-state index in [-0.39, 0.29) is 23.6 Å². The second kappa shape index (κ2) is 14.9. The highest BCUT2D eigenvalue weighted by Gasteiger charge is 2.19. The summed E-state index contributed by atoms with van der Waals surface area (Å²) in [5.74, 6) is -0.850. The van der Waals surface area contributed by atoms with E-state index < -0.39 is 21.7 Å². The Morgan fingerprint density at radius 3 is 2.27 bits per heavy atom. The molecule has 0 saturated heterocycles. The highest BCUT2D eigenvalue weighted by molar-refractivity contribution is 9.10. The van der Waals surface area contributed by atoms with Crippen LogP contribution < -0.4 is 14.8 Å². The molecule has 0 atom stereocenters. The van der Waals surface area contributed by atoms with Crippen molar-refractivity contribution >= 4 is 49.4 Å². The number of carboxylic acid groups (broad SMARTS) is 1. The first-order chi connectivity index (χ1) is 19.0. The number of benzene rings is 3. The van der Waals surface area contributed by atoms with Gasteiger partial charge in [0.2, 0.25) is 5.91 Å². The molecule has 0 saturated carbocycles. The van der Waals surface area contributed by atoms with Crippen LogP contribution in [0.3, 0.4) is 0 Å². The largest absolute Gasteiger partial charge is 0.494 e. The van der Waals surface area contributed by atoms with Gasteiger partial charge in [0, 0.05) is 22.5 Å². The van der Waals surface area contributed by atoms with Crippen molar-refractivity contribution in [3.05, 3.63) is 93.6 Å². The summed E-state index contributed by atoms with van der Waals surface area (Å²) >= 11 is 9.37. The summed E-state index contributed by atoms with van der Waals surface area (Å²) in [4.78, 5) is 23.6. The summed E-state index contributed by atoms with van der Waals surface area (Å²) in [7, 11) is -4.10. The Morgan fingerprint density at radius 2 is 1.65 bits per heavy atom. The quantitative estimate of drug-likeness (QED) is 0.144. The van der Waals surface area contributed by atoms with Gasteiger partial charge < -0.3 is 15.2 Å². The number of amides is 1. The van der Waals surface area contributed by atoms with Crippen LogP contribution in [0.4, 0.5) is 0 Å². The van der Waals surface area contributed by atoms with E-state index in [2.05, 4.69) is 26.0 Å². The topological polar surface area (TPSA) is 122 Å². The number of carboxylic acids is 1. The number of ether oxygens (including phenoxy) is 1. The van der Waals surface area contributed by atoms with Crippen LogP contribution in [0, 0.1) is 6.92 Å². The molecular formula is C29H30BrClN2O6S. The van der Waals surface area contributed by atoms with Crippen molar-refractivity contribution in [2.24, 2.45) is 0 Å². The van der Waals surface area contributed by atoms with Crippen LogP contribution in [0.15, 0.2) is 87.9 Å². The fourth-order valence-corrected chi connectivity index (χ4v) is 5.09. The highest BCUT2D eigenvalue weighted by atomic mass is 79.9. The molecule has 0 bridgehead atoms. The number of aryl methyl sites for hydroxylation is 1. The first kappa shape index (κ1) is 31.2. The maximum absolute atomic E-state index is 12.8. The van der Waals surface area contributed by atoms with E-state index in [9.17, 15) is 23.1 Å². The summed E-state index contributed by atoms with van der Waals surface area (Å²) in [5, 5.41) is 12.9. The number of unbranched alkanes of at least 4 members (excludes halogenated alkanes) is 1. The van der Waals surface area contributed by atoms with Gasteiger partial charge >= 0.3 is 5.97 Å². The summed E-state index contributed by atoms with van der Waals surface area (Å²) < 4.78 is 34.2. The number of nitrogens with one attached hydrogen (secondary N) is 2. The number of allylic oxidation sites excluding steroid dienone is 1. The average molecular weight is 650 g/mol. The third-order valence-corrected chi connectivity index (χ3v) is 8.15. The zero-order valence-corrected chi connectivity index (χ0v) is 25.0. The molecule has 0 aliphatic rings. The standard InChI is InChI=1S/C29H30BrClN2O6S/c1-20-19-24(13-16-26(20)31)39-18-4-6-28(34)32-17-3-2-5-27(29(35)36)33-40(37,38)25-14-9-22(10-15-25)21-7-11-23(30)12-8-21/h5,7-16,19,33H,2-4,6,17-18H2,1H3,(H,32,34)(H,35,36). The molecular weight excluding hydrogens is 620 g/mol. The van der Waals surface area contributed by atoms with Crippen LogP contribution in [0.1, 0.15) is 31.2 Å². The molecule has 0 unspecified atom stereocenters. The van der Waals surface area contributed by atoms with Crippen LogP contribution in [0.2, 0.25) is 5.02 Å². The molecule has 0 radical (unpaired) electrons. The SMILES string of the molecule is Cc1cc(OCCCC(=O)NCCCC=C(NS(=O)(=O)c2ccc(-c3ccc(Br)cc3)cc2)C(=O)O)ccc1Cl. The maximum Gasteiger partial charge on any atom is 0.352 e. The minimum Gasteiger partial charge on any atom is -0.494 e. The molecule has 3 N–H and O–H groups in total. The van der Waals surface area contributed by atoms with Gasteiger partial charge in [0.15, 0.2) is 0 Å². The third kappa shape index (κ3) is 9.69. The predicted molar refractivity (Wildman–Crippen MR) is 159 cm³/mol. The first-order valence-corrected chi connectivity index (χ1v) is 15.2. The van der Waals surface area contributed by atoms with Crippen molar-refractivity contribution in [3.8, 4) is 16.9 Å². The Hall–Kier alpha value is -3.34. The number of aliphatic carboxylic acids is 1. The fraction of sp³-hybridized carbons (Fsp3) is 0.241. The van der Waals surface area contributed by atoms with Crippen molar-refractivity contribution in [3.63, 3.8) is 0 Å². The molecule has 212 valence electrons. The number of carbonyl (C=O) groups excluding carboxylic acids is 1. The second-order valence-corrected chi connectivity index (χ2v) is 11.9. The molecule has 11 heteroatoms. The maximum atomic E-state index is 12.8. The summed E-state index contributed by atoms with van der Waals surface area (Å²) in [6.45, 7) is 2.59. The molecule has 3 aromatic carbocycles. The van der Waals surface area contributed by atoms with Gasteiger partial charge in [0.05, 0.1) is 11.5 Å². The number of hydrogen-bond acceptors (Lipinski definition) is 5. The summed E-state index contributed by atoms with van der Waals surface area (Å²) in [5.41, 5.74) is 2.21. The number of sulfonamides is 1. The molecule has 3 rings (SSSR count). The van der Waals surface area contributed by atoms with Crippen LogP contribution in [-0.2, 0) is 19.6 Å². The molecule has 0 aliphatic carbocycles. The van der Waals surface area contributed by atoms with Gasteiger partial charge in [-0.25, -0.2) is 13.2 Å². The molecule has 0 heterocycles. The molecule has 0 aliphatic heterocycles. The van der Waals surface area contributed by atoms with Gasteiger partial charge in [-0.2, -0.15) is 0 Å². The smallest absolute Gasteiger partial charge is 0.352 e. The lowest BCUT2D eigenvalue weighted by atomic mass is 10.1. The zero-order valence-electron chi connectivity index (χ0n) is 21.8. The van der Waals surface area contributed by atoms with Crippen molar-refractivity contribution in [1.29, 1.82) is 0 Å². The Balaban J connectivity index is 1.42. The number of hydrogen-bond donors (Lipinski definition) is 3. The summed E-state index contributed by atoms with van der Waals surface area (Å²) in [6, 6.07) is 19.1. The highest BCUT2D eigenvalue weighted by Crippen LogP contribution is 2.24. The van der Waals surface area contributed by atoms with Crippen molar-refractivity contribution in [2.45, 2.75) is 37.5 Å². The lowest BCUT2D eigenvalue weighted by molar-refractivity contribution is -0.133. The monoisotopic (exact) mass is 648 g/mol. The molecule has 3 aromatic rings. The molecule has 40 heavy (non-hydrogen) atoms. The van der Waals surface area contributed by atoms with E-state index in [0.717, 1.165) is 21.2 Å². The van der Waals surface area contributed by atoms with E-state index in [1.165, 1.54) is 18.2 Å². The molecule has 0 spiro atoms. The van der Waals surface area contributed by atoms with Crippen LogP contribution in [0.5, 0.6) is 5.75 Å². The van der Waals surface area contributed by atoms with Crippen LogP contribution in [0.25, 0.3) is 11.1 Å². The Labute approximate surface area is 247 Å².